The Hall–Kier alpha value is -6.00. The first kappa shape index (κ1) is 33.4. The molecule has 0 spiro atoms. The van der Waals surface area contributed by atoms with Gasteiger partial charge in [-0.1, -0.05) is 60.7 Å². The number of rotatable bonds is 11. The summed E-state index contributed by atoms with van der Waals surface area (Å²) in [6, 6.07) is 36.6. The van der Waals surface area contributed by atoms with Gasteiger partial charge in [-0.2, -0.15) is 0 Å². The Morgan fingerprint density at radius 2 is 1.42 bits per heavy atom. The van der Waals surface area contributed by atoms with Gasteiger partial charge in [0.05, 0.1) is 4.92 Å². The van der Waals surface area contributed by atoms with E-state index in [2.05, 4.69) is 16.0 Å². The Kier molecular flexibility index (Phi) is 10.8. The summed E-state index contributed by atoms with van der Waals surface area (Å²) in [5.74, 6) is -1.24. The predicted molar refractivity (Wildman–Crippen MR) is 190 cm³/mol. The zero-order valence-corrected chi connectivity index (χ0v) is 27.0. The topological polar surface area (TPSA) is 130 Å². The third-order valence-electron chi connectivity index (χ3n) is 7.30. The highest BCUT2D eigenvalue weighted by molar-refractivity contribution is 8.00. The fourth-order valence-corrected chi connectivity index (χ4v) is 5.75. The van der Waals surface area contributed by atoms with Gasteiger partial charge in [0.2, 0.25) is 5.91 Å². The summed E-state index contributed by atoms with van der Waals surface area (Å²) in [7, 11) is 0. The molecule has 1 atom stereocenters. The number of nitro benzene ring substituents is 1. The molecule has 10 heteroatoms. The summed E-state index contributed by atoms with van der Waals surface area (Å²) in [4.78, 5) is 51.4. The first-order valence-electron chi connectivity index (χ1n) is 15.0. The van der Waals surface area contributed by atoms with Gasteiger partial charge in [0.15, 0.2) is 0 Å². The molecule has 0 aliphatic rings. The molecule has 0 aromatic heterocycles. The molecule has 3 N–H and O–H groups in total. The third kappa shape index (κ3) is 8.83. The fraction of sp³-hybridized carbons (Fsp3) is 0.0789. The maximum absolute atomic E-state index is 13.6. The van der Waals surface area contributed by atoms with Crippen molar-refractivity contribution in [3.05, 3.63) is 171 Å². The van der Waals surface area contributed by atoms with E-state index in [0.717, 1.165) is 27.3 Å². The maximum atomic E-state index is 13.6. The molecule has 0 saturated heterocycles. The van der Waals surface area contributed by atoms with Crippen molar-refractivity contribution in [3.63, 3.8) is 0 Å². The van der Waals surface area contributed by atoms with Crippen LogP contribution in [0.25, 0.3) is 6.08 Å². The van der Waals surface area contributed by atoms with Crippen LogP contribution in [-0.4, -0.2) is 22.6 Å². The van der Waals surface area contributed by atoms with Crippen molar-refractivity contribution in [2.24, 2.45) is 0 Å². The van der Waals surface area contributed by atoms with Crippen LogP contribution in [0.5, 0.6) is 0 Å². The lowest BCUT2D eigenvalue weighted by Crippen LogP contribution is -2.30. The Morgan fingerprint density at radius 3 is 2.06 bits per heavy atom. The minimum atomic E-state index is -0.590. The molecule has 0 bridgehead atoms. The number of nitrogens with one attached hydrogen (secondary N) is 3. The minimum Gasteiger partial charge on any atom is -0.325 e. The molecule has 0 saturated carbocycles. The monoisotopic (exact) mass is 656 g/mol. The van der Waals surface area contributed by atoms with E-state index >= 15 is 0 Å². The lowest BCUT2D eigenvalue weighted by atomic mass is 10.1. The lowest BCUT2D eigenvalue weighted by Gasteiger charge is -2.18. The first-order chi connectivity index (χ1) is 23.2. The maximum Gasteiger partial charge on any atom is 0.272 e. The van der Waals surface area contributed by atoms with Gasteiger partial charge in [-0.25, -0.2) is 0 Å². The third-order valence-corrected chi connectivity index (χ3v) is 8.57. The zero-order valence-electron chi connectivity index (χ0n) is 26.2. The number of carbonyl (C=O) groups is 3. The Morgan fingerprint density at radius 1 is 0.771 bits per heavy atom. The van der Waals surface area contributed by atoms with Crippen molar-refractivity contribution in [2.75, 3.05) is 10.6 Å². The van der Waals surface area contributed by atoms with E-state index in [9.17, 15) is 24.5 Å². The van der Waals surface area contributed by atoms with Crippen LogP contribution in [0.1, 0.15) is 37.9 Å². The number of anilines is 2. The van der Waals surface area contributed by atoms with E-state index < -0.39 is 22.0 Å². The molecular formula is C38H32N4O5S. The van der Waals surface area contributed by atoms with E-state index in [0.29, 0.717) is 16.8 Å². The van der Waals surface area contributed by atoms with Crippen LogP contribution >= 0.6 is 11.8 Å². The van der Waals surface area contributed by atoms with Crippen LogP contribution in [0.15, 0.2) is 138 Å². The smallest absolute Gasteiger partial charge is 0.272 e. The zero-order chi connectivity index (χ0) is 34.0. The molecule has 9 nitrogen and oxygen atoms in total. The van der Waals surface area contributed by atoms with Crippen LogP contribution in [0.2, 0.25) is 0 Å². The molecule has 0 aliphatic carbocycles. The van der Waals surface area contributed by atoms with Gasteiger partial charge in [-0.05, 0) is 96.8 Å². The van der Waals surface area contributed by atoms with Crippen LogP contribution in [0.4, 0.5) is 17.1 Å². The number of benzene rings is 5. The Balaban J connectivity index is 1.34. The van der Waals surface area contributed by atoms with E-state index in [-0.39, 0.29) is 17.3 Å². The summed E-state index contributed by atoms with van der Waals surface area (Å²) in [5.41, 5.74) is 4.77. The van der Waals surface area contributed by atoms with Crippen molar-refractivity contribution in [1.82, 2.24) is 5.32 Å². The molecule has 0 radical (unpaired) electrons. The summed E-state index contributed by atoms with van der Waals surface area (Å²) in [5, 5.41) is 19.1. The van der Waals surface area contributed by atoms with Crippen LogP contribution in [-0.2, 0) is 9.59 Å². The molecule has 0 aliphatic heterocycles. The molecular weight excluding hydrogens is 625 g/mol. The number of hydrogen-bond acceptors (Lipinski definition) is 6. The average molecular weight is 657 g/mol. The Labute approximate surface area is 282 Å². The second-order valence-electron chi connectivity index (χ2n) is 10.9. The van der Waals surface area contributed by atoms with Gasteiger partial charge in [-0.15, -0.1) is 11.8 Å². The van der Waals surface area contributed by atoms with E-state index in [4.69, 9.17) is 0 Å². The number of hydrogen-bond donors (Lipinski definition) is 3. The van der Waals surface area contributed by atoms with Crippen molar-refractivity contribution < 1.29 is 19.3 Å². The number of thioether (sulfide) groups is 1. The number of non-ortho nitro benzene ring substituents is 1. The van der Waals surface area contributed by atoms with Gasteiger partial charge in [-0.3, -0.25) is 24.5 Å². The van der Waals surface area contributed by atoms with Crippen molar-refractivity contribution >= 4 is 52.6 Å². The predicted octanol–water partition coefficient (Wildman–Crippen LogP) is 8.09. The van der Waals surface area contributed by atoms with Crippen molar-refractivity contribution in [2.45, 2.75) is 24.0 Å². The molecule has 48 heavy (non-hydrogen) atoms. The van der Waals surface area contributed by atoms with Crippen molar-refractivity contribution in [1.29, 1.82) is 0 Å². The number of nitrogens with zero attached hydrogens (tertiary/aromatic N) is 1. The highest BCUT2D eigenvalue weighted by Gasteiger charge is 2.23. The molecule has 5 aromatic carbocycles. The highest BCUT2D eigenvalue weighted by Crippen LogP contribution is 2.37. The summed E-state index contributed by atoms with van der Waals surface area (Å²) < 4.78 is 0. The first-order valence-corrected chi connectivity index (χ1v) is 15.9. The second-order valence-corrected chi connectivity index (χ2v) is 12.1. The molecule has 0 fully saturated rings. The van der Waals surface area contributed by atoms with E-state index in [1.54, 1.807) is 42.5 Å². The normalized spacial score (nSPS) is 11.7. The molecule has 5 aromatic rings. The van der Waals surface area contributed by atoms with Gasteiger partial charge in [0.25, 0.3) is 17.5 Å². The van der Waals surface area contributed by atoms with Gasteiger partial charge in [0, 0.05) is 34.0 Å². The molecule has 3 amide bonds. The SMILES string of the molecule is Cc1ccc(C)c(NC(=O)C(Sc2ccc(NC(=O)/C(=C/c3ccc([N+](=O)[O-])cc3)NC(=O)c3ccccc3)cc2)c2ccccc2)c1. The van der Waals surface area contributed by atoms with Crippen LogP contribution < -0.4 is 16.0 Å². The second kappa shape index (κ2) is 15.5. The number of carbonyl (C=O) groups excluding carboxylic acids is 3. The summed E-state index contributed by atoms with van der Waals surface area (Å²) in [6.07, 6.45) is 1.45. The highest BCUT2D eigenvalue weighted by atomic mass is 32.2. The van der Waals surface area contributed by atoms with Gasteiger partial charge < -0.3 is 16.0 Å². The summed E-state index contributed by atoms with van der Waals surface area (Å²) in [6.45, 7) is 3.93. The van der Waals surface area contributed by atoms with Crippen LogP contribution in [0.3, 0.4) is 0 Å². The molecule has 5 rings (SSSR count). The molecule has 0 heterocycles. The van der Waals surface area contributed by atoms with Gasteiger partial charge >= 0.3 is 0 Å². The largest absolute Gasteiger partial charge is 0.325 e. The number of aryl methyl sites for hydroxylation is 2. The van der Waals surface area contributed by atoms with E-state index in [1.165, 1.54) is 42.1 Å². The lowest BCUT2D eigenvalue weighted by molar-refractivity contribution is -0.384. The standard InChI is InChI=1S/C38H32N4O5S/c1-25-13-14-26(2)33(23-25)40-38(45)35(28-9-5-3-6-10-28)48-32-21-17-30(18-22-32)39-37(44)34(41-36(43)29-11-7-4-8-12-29)24-27-15-19-31(20-16-27)42(46)47/h3-24,35H,1-2H3,(H,39,44)(H,40,45)(H,41,43)/b34-24-. The van der Waals surface area contributed by atoms with Gasteiger partial charge in [0.1, 0.15) is 10.9 Å². The minimum absolute atomic E-state index is 0.0524. The average Bonchev–Trinajstić information content (AvgIpc) is 3.10. The Bertz CT molecular complexity index is 1960. The molecule has 240 valence electrons. The van der Waals surface area contributed by atoms with E-state index in [1.807, 2.05) is 74.5 Å². The van der Waals surface area contributed by atoms with Crippen molar-refractivity contribution in [3.8, 4) is 0 Å². The van der Waals surface area contributed by atoms with Crippen LogP contribution in [0, 0.1) is 24.0 Å². The number of nitro groups is 1. The fourth-order valence-electron chi connectivity index (χ4n) is 4.72. The molecule has 1 unspecified atom stereocenters. The number of amides is 3. The summed E-state index contributed by atoms with van der Waals surface area (Å²) >= 11 is 1.38. The quantitative estimate of drug-likeness (QED) is 0.0570.